The number of anilines is 2. The smallest absolute Gasteiger partial charge is 0.225 e. The van der Waals surface area contributed by atoms with Gasteiger partial charge in [0.25, 0.3) is 0 Å². The molecule has 2 aromatic heterocycles. The van der Waals surface area contributed by atoms with Crippen molar-refractivity contribution in [1.29, 1.82) is 0 Å². The Kier molecular flexibility index (Phi) is 5.01. The number of aromatic nitrogens is 4. The lowest BCUT2D eigenvalue weighted by atomic mass is 10.1. The van der Waals surface area contributed by atoms with Crippen LogP contribution in [0.5, 0.6) is 0 Å². The van der Waals surface area contributed by atoms with Gasteiger partial charge in [0, 0.05) is 37.9 Å². The topological polar surface area (TPSA) is 66.8 Å². The molecule has 3 heterocycles. The van der Waals surface area contributed by atoms with E-state index >= 15 is 0 Å². The van der Waals surface area contributed by atoms with Crippen LogP contribution >= 0.6 is 11.3 Å². The van der Waals surface area contributed by atoms with Crippen LogP contribution in [-0.4, -0.2) is 39.3 Å². The van der Waals surface area contributed by atoms with E-state index in [0.717, 1.165) is 47.6 Å². The third-order valence-corrected chi connectivity index (χ3v) is 5.25. The number of nitrogens with zero attached hydrogens (tertiary/aromatic N) is 5. The lowest BCUT2D eigenvalue weighted by Gasteiger charge is -2.32. The predicted octanol–water partition coefficient (Wildman–Crippen LogP) is 3.14. The van der Waals surface area contributed by atoms with Gasteiger partial charge in [0.15, 0.2) is 0 Å². The molecule has 3 aromatic rings. The summed E-state index contributed by atoms with van der Waals surface area (Å²) in [5.41, 5.74) is 1.03. The zero-order valence-corrected chi connectivity index (χ0v) is 15.0. The van der Waals surface area contributed by atoms with E-state index in [-0.39, 0.29) is 5.82 Å². The second-order valence-corrected chi connectivity index (χ2v) is 7.32. The first-order valence-electron chi connectivity index (χ1n) is 8.61. The molecule has 1 saturated heterocycles. The maximum absolute atomic E-state index is 13.0. The average Bonchev–Trinajstić information content (AvgIpc) is 3.12. The maximum Gasteiger partial charge on any atom is 0.225 e. The van der Waals surface area contributed by atoms with Crippen molar-refractivity contribution < 1.29 is 4.39 Å². The molecule has 8 heteroatoms. The Balaban J connectivity index is 1.30. The molecule has 0 spiro atoms. The Morgan fingerprint density at radius 3 is 2.54 bits per heavy atom. The Morgan fingerprint density at radius 1 is 1.08 bits per heavy atom. The summed E-state index contributed by atoms with van der Waals surface area (Å²) < 4.78 is 13.0. The van der Waals surface area contributed by atoms with Gasteiger partial charge < -0.3 is 10.2 Å². The predicted molar refractivity (Wildman–Crippen MR) is 100 cm³/mol. The van der Waals surface area contributed by atoms with Crippen molar-refractivity contribution in [2.24, 2.45) is 0 Å². The minimum absolute atomic E-state index is 0.222. The molecule has 1 aromatic carbocycles. The number of nitrogens with one attached hydrogen (secondary N) is 1. The first-order chi connectivity index (χ1) is 12.8. The molecule has 1 aliphatic rings. The molecule has 26 heavy (non-hydrogen) atoms. The van der Waals surface area contributed by atoms with Crippen molar-refractivity contribution in [3.05, 3.63) is 59.1 Å². The van der Waals surface area contributed by atoms with Crippen LogP contribution in [0.25, 0.3) is 0 Å². The van der Waals surface area contributed by atoms with Gasteiger partial charge in [-0.1, -0.05) is 23.5 Å². The van der Waals surface area contributed by atoms with Gasteiger partial charge in [-0.05, 0) is 36.6 Å². The Hall–Kier alpha value is -2.61. The SMILES string of the molecule is Fc1ccc(Cc2nnc(NC3CCN(c4ncccn4)CC3)s2)cc1. The maximum atomic E-state index is 13.0. The van der Waals surface area contributed by atoms with Gasteiger partial charge in [-0.3, -0.25) is 0 Å². The molecule has 0 amide bonds. The average molecular weight is 370 g/mol. The number of benzene rings is 1. The molecular weight excluding hydrogens is 351 g/mol. The molecule has 1 aliphatic heterocycles. The van der Waals surface area contributed by atoms with Crippen LogP contribution in [0.3, 0.4) is 0 Å². The Bertz CT molecular complexity index is 830. The molecule has 134 valence electrons. The molecule has 0 atom stereocenters. The van der Waals surface area contributed by atoms with Crippen LogP contribution in [0.1, 0.15) is 23.4 Å². The fourth-order valence-electron chi connectivity index (χ4n) is 3.01. The molecule has 0 saturated carbocycles. The number of hydrogen-bond acceptors (Lipinski definition) is 7. The van der Waals surface area contributed by atoms with Gasteiger partial charge in [0.05, 0.1) is 0 Å². The van der Waals surface area contributed by atoms with Crippen LogP contribution in [0.2, 0.25) is 0 Å². The molecule has 0 radical (unpaired) electrons. The molecule has 6 nitrogen and oxygen atoms in total. The minimum Gasteiger partial charge on any atom is -0.357 e. The number of piperidine rings is 1. The molecule has 0 aliphatic carbocycles. The van der Waals surface area contributed by atoms with E-state index in [1.807, 2.05) is 6.07 Å². The molecular formula is C18H19FN6S. The van der Waals surface area contributed by atoms with Crippen LogP contribution in [0.15, 0.2) is 42.7 Å². The highest BCUT2D eigenvalue weighted by molar-refractivity contribution is 7.15. The van der Waals surface area contributed by atoms with Crippen molar-refractivity contribution in [2.45, 2.75) is 25.3 Å². The van der Waals surface area contributed by atoms with E-state index in [0.29, 0.717) is 12.5 Å². The summed E-state index contributed by atoms with van der Waals surface area (Å²) in [6, 6.07) is 8.72. The van der Waals surface area contributed by atoms with Crippen LogP contribution < -0.4 is 10.2 Å². The highest BCUT2D eigenvalue weighted by atomic mass is 32.1. The summed E-state index contributed by atoms with van der Waals surface area (Å²) in [6.45, 7) is 1.84. The fourth-order valence-corrected chi connectivity index (χ4v) is 3.86. The van der Waals surface area contributed by atoms with E-state index < -0.39 is 0 Å². The standard InChI is InChI=1S/C18H19FN6S/c19-14-4-2-13(3-5-14)12-16-23-24-18(26-16)22-15-6-10-25(11-7-15)17-20-8-1-9-21-17/h1-5,8-9,15H,6-7,10-12H2,(H,22,24). The summed E-state index contributed by atoms with van der Waals surface area (Å²) in [7, 11) is 0. The quantitative estimate of drug-likeness (QED) is 0.744. The first-order valence-corrected chi connectivity index (χ1v) is 9.43. The highest BCUT2D eigenvalue weighted by Crippen LogP contribution is 2.23. The fraction of sp³-hybridized carbons (Fsp3) is 0.333. The van der Waals surface area contributed by atoms with Gasteiger partial charge in [-0.2, -0.15) is 0 Å². The van der Waals surface area contributed by atoms with Gasteiger partial charge in [-0.25, -0.2) is 14.4 Å². The second kappa shape index (κ2) is 7.74. The van der Waals surface area contributed by atoms with E-state index in [4.69, 9.17) is 0 Å². The van der Waals surface area contributed by atoms with Crippen LogP contribution in [0, 0.1) is 5.82 Å². The van der Waals surface area contributed by atoms with Gasteiger partial charge in [-0.15, -0.1) is 10.2 Å². The largest absolute Gasteiger partial charge is 0.357 e. The van der Waals surface area contributed by atoms with Crippen molar-refractivity contribution in [3.63, 3.8) is 0 Å². The monoisotopic (exact) mass is 370 g/mol. The zero-order chi connectivity index (χ0) is 17.8. The van der Waals surface area contributed by atoms with Gasteiger partial charge >= 0.3 is 0 Å². The van der Waals surface area contributed by atoms with Gasteiger partial charge in [0.1, 0.15) is 10.8 Å². The summed E-state index contributed by atoms with van der Waals surface area (Å²) in [6.07, 6.45) is 6.23. The van der Waals surface area contributed by atoms with Gasteiger partial charge in [0.2, 0.25) is 11.1 Å². The van der Waals surface area contributed by atoms with Crippen molar-refractivity contribution in [2.75, 3.05) is 23.3 Å². The van der Waals surface area contributed by atoms with Crippen molar-refractivity contribution in [3.8, 4) is 0 Å². The number of halogens is 1. The summed E-state index contributed by atoms with van der Waals surface area (Å²) in [4.78, 5) is 10.8. The van der Waals surface area contributed by atoms with E-state index in [1.165, 1.54) is 12.1 Å². The van der Waals surface area contributed by atoms with Crippen LogP contribution in [0.4, 0.5) is 15.5 Å². The Morgan fingerprint density at radius 2 is 1.81 bits per heavy atom. The second-order valence-electron chi connectivity index (χ2n) is 6.26. The lowest BCUT2D eigenvalue weighted by Crippen LogP contribution is -2.39. The van der Waals surface area contributed by atoms with Crippen LogP contribution in [-0.2, 0) is 6.42 Å². The lowest BCUT2D eigenvalue weighted by molar-refractivity contribution is 0.519. The summed E-state index contributed by atoms with van der Waals surface area (Å²) >= 11 is 1.56. The number of rotatable bonds is 5. The molecule has 0 bridgehead atoms. The summed E-state index contributed by atoms with van der Waals surface area (Å²) in [5.74, 6) is 0.573. The minimum atomic E-state index is -0.222. The molecule has 1 N–H and O–H groups in total. The van der Waals surface area contributed by atoms with E-state index in [1.54, 1.807) is 35.9 Å². The molecule has 0 unspecified atom stereocenters. The van der Waals surface area contributed by atoms with E-state index in [2.05, 4.69) is 30.4 Å². The molecule has 4 rings (SSSR count). The highest BCUT2D eigenvalue weighted by Gasteiger charge is 2.21. The first kappa shape index (κ1) is 16.8. The van der Waals surface area contributed by atoms with Crippen molar-refractivity contribution in [1.82, 2.24) is 20.2 Å². The van der Waals surface area contributed by atoms with E-state index in [9.17, 15) is 4.39 Å². The number of hydrogen-bond donors (Lipinski definition) is 1. The van der Waals surface area contributed by atoms with Crippen molar-refractivity contribution >= 4 is 22.4 Å². The Labute approximate surface area is 155 Å². The summed E-state index contributed by atoms with van der Waals surface area (Å²) in [5, 5.41) is 13.7. The third kappa shape index (κ3) is 4.13. The molecule has 1 fully saturated rings. The zero-order valence-electron chi connectivity index (χ0n) is 14.2. The normalized spacial score (nSPS) is 15.2. The third-order valence-electron chi connectivity index (χ3n) is 4.39.